The predicted octanol–water partition coefficient (Wildman–Crippen LogP) is 2.00. The molecule has 2 atom stereocenters. The number of carbonyl (C=O) groups is 1. The van der Waals surface area contributed by atoms with Gasteiger partial charge >= 0.3 is 0 Å². The molecule has 2 N–H and O–H groups in total. The molecular formula is C13H20ClN3O2. The van der Waals surface area contributed by atoms with Crippen LogP contribution in [0, 0.1) is 5.92 Å². The first-order valence-electron chi connectivity index (χ1n) is 6.31. The maximum absolute atomic E-state index is 12.1. The molecule has 1 heterocycles. The number of amides is 1. The number of hydrogen-bond acceptors (Lipinski definition) is 4. The molecule has 19 heavy (non-hydrogen) atoms. The van der Waals surface area contributed by atoms with Crippen LogP contribution in [0.5, 0.6) is 0 Å². The lowest BCUT2D eigenvalue weighted by atomic mass is 10.1. The van der Waals surface area contributed by atoms with Crippen LogP contribution in [-0.2, 0) is 0 Å². The van der Waals surface area contributed by atoms with Crippen LogP contribution in [0.15, 0.2) is 6.20 Å². The summed E-state index contributed by atoms with van der Waals surface area (Å²) in [6.45, 7) is 7.59. The van der Waals surface area contributed by atoms with Crippen LogP contribution in [0.3, 0.4) is 0 Å². The maximum Gasteiger partial charge on any atom is 0.271 e. The van der Waals surface area contributed by atoms with Crippen molar-refractivity contribution in [2.45, 2.75) is 39.7 Å². The molecule has 0 spiro atoms. The first-order valence-corrected chi connectivity index (χ1v) is 6.68. The monoisotopic (exact) mass is 285 g/mol. The maximum atomic E-state index is 12.1. The highest BCUT2D eigenvalue weighted by molar-refractivity contribution is 6.33. The Bertz CT molecular complexity index is 452. The van der Waals surface area contributed by atoms with E-state index in [1.165, 1.54) is 6.20 Å². The van der Waals surface area contributed by atoms with Gasteiger partial charge in [-0.15, -0.1) is 0 Å². The van der Waals surface area contributed by atoms with Crippen molar-refractivity contribution in [3.8, 4) is 0 Å². The van der Waals surface area contributed by atoms with Gasteiger partial charge in [-0.25, -0.2) is 9.97 Å². The number of aromatic nitrogens is 2. The second-order valence-corrected chi connectivity index (χ2v) is 5.41. The lowest BCUT2D eigenvalue weighted by Crippen LogP contribution is -2.39. The van der Waals surface area contributed by atoms with Gasteiger partial charge in [0.2, 0.25) is 0 Å². The summed E-state index contributed by atoms with van der Waals surface area (Å²) in [5.74, 6) is 0.325. The van der Waals surface area contributed by atoms with Crippen molar-refractivity contribution in [1.82, 2.24) is 15.3 Å². The van der Waals surface area contributed by atoms with Gasteiger partial charge in [-0.05, 0) is 12.8 Å². The Morgan fingerprint density at radius 3 is 2.58 bits per heavy atom. The van der Waals surface area contributed by atoms with E-state index in [0.717, 1.165) is 0 Å². The first-order chi connectivity index (χ1) is 8.86. The van der Waals surface area contributed by atoms with Crippen molar-refractivity contribution < 1.29 is 9.90 Å². The second-order valence-electron chi connectivity index (χ2n) is 5.00. The minimum absolute atomic E-state index is 0.0101. The first kappa shape index (κ1) is 15.9. The molecule has 0 fully saturated rings. The molecule has 0 aliphatic heterocycles. The Kier molecular flexibility index (Phi) is 5.69. The number of nitrogens with one attached hydrogen (secondary N) is 1. The third-order valence-corrected chi connectivity index (χ3v) is 3.27. The largest absolute Gasteiger partial charge is 0.396 e. The Morgan fingerprint density at radius 1 is 1.42 bits per heavy atom. The van der Waals surface area contributed by atoms with E-state index in [1.807, 2.05) is 27.7 Å². The van der Waals surface area contributed by atoms with Crippen LogP contribution in [0.2, 0.25) is 5.02 Å². The summed E-state index contributed by atoms with van der Waals surface area (Å²) in [6, 6.07) is -0.161. The summed E-state index contributed by atoms with van der Waals surface area (Å²) >= 11 is 5.96. The highest BCUT2D eigenvalue weighted by Gasteiger charge is 2.19. The Balaban J connectivity index is 2.90. The van der Waals surface area contributed by atoms with Gasteiger partial charge in [-0.2, -0.15) is 0 Å². The number of carbonyl (C=O) groups excluding carboxylic acids is 1. The van der Waals surface area contributed by atoms with E-state index in [-0.39, 0.29) is 41.1 Å². The molecule has 1 aromatic heterocycles. The zero-order chi connectivity index (χ0) is 14.6. The van der Waals surface area contributed by atoms with Crippen molar-refractivity contribution in [3.63, 3.8) is 0 Å². The summed E-state index contributed by atoms with van der Waals surface area (Å²) in [5, 5.41) is 12.1. The van der Waals surface area contributed by atoms with Crippen molar-refractivity contribution in [3.05, 3.63) is 22.7 Å². The van der Waals surface area contributed by atoms with Crippen molar-refractivity contribution in [1.29, 1.82) is 0 Å². The highest BCUT2D eigenvalue weighted by Crippen LogP contribution is 2.16. The minimum Gasteiger partial charge on any atom is -0.396 e. The molecule has 0 aliphatic carbocycles. The number of nitrogens with zero attached hydrogens (tertiary/aromatic N) is 2. The molecule has 0 bridgehead atoms. The van der Waals surface area contributed by atoms with Crippen molar-refractivity contribution in [2.75, 3.05) is 6.61 Å². The number of rotatable bonds is 5. The lowest BCUT2D eigenvalue weighted by Gasteiger charge is -2.19. The van der Waals surface area contributed by atoms with Crippen LogP contribution in [0.1, 0.15) is 49.9 Å². The van der Waals surface area contributed by atoms with Crippen molar-refractivity contribution in [2.24, 2.45) is 5.92 Å². The number of aliphatic hydroxyl groups is 1. The third-order valence-electron chi connectivity index (χ3n) is 2.99. The molecule has 106 valence electrons. The van der Waals surface area contributed by atoms with E-state index in [2.05, 4.69) is 15.3 Å². The van der Waals surface area contributed by atoms with Crippen LogP contribution in [-0.4, -0.2) is 33.6 Å². The number of aliphatic hydroxyl groups excluding tert-OH is 1. The molecule has 1 amide bonds. The van der Waals surface area contributed by atoms with Crippen LogP contribution in [0.25, 0.3) is 0 Å². The van der Waals surface area contributed by atoms with E-state index in [4.69, 9.17) is 16.7 Å². The average molecular weight is 286 g/mol. The standard InChI is InChI=1S/C13H20ClN3O2/c1-7(2)12-15-5-10(14)11(17-12)13(19)16-9(4)8(3)6-18/h5,7-9,18H,6H2,1-4H3,(H,16,19). The molecule has 1 aromatic rings. The van der Waals surface area contributed by atoms with Crippen LogP contribution < -0.4 is 5.32 Å². The zero-order valence-electron chi connectivity index (χ0n) is 11.6. The molecular weight excluding hydrogens is 266 g/mol. The van der Waals surface area contributed by atoms with Crippen LogP contribution >= 0.6 is 11.6 Å². The van der Waals surface area contributed by atoms with Crippen LogP contribution in [0.4, 0.5) is 0 Å². The lowest BCUT2D eigenvalue weighted by molar-refractivity contribution is 0.0911. The topological polar surface area (TPSA) is 75.1 Å². The summed E-state index contributed by atoms with van der Waals surface area (Å²) < 4.78 is 0. The highest BCUT2D eigenvalue weighted by atomic mass is 35.5. The summed E-state index contributed by atoms with van der Waals surface area (Å²) in [6.07, 6.45) is 1.44. The average Bonchev–Trinajstić information content (AvgIpc) is 2.37. The Morgan fingerprint density at radius 2 is 2.05 bits per heavy atom. The predicted molar refractivity (Wildman–Crippen MR) is 74.3 cm³/mol. The van der Waals surface area contributed by atoms with E-state index >= 15 is 0 Å². The minimum atomic E-state index is -0.345. The smallest absolute Gasteiger partial charge is 0.271 e. The molecule has 0 aromatic carbocycles. The van der Waals surface area contributed by atoms with E-state index in [9.17, 15) is 4.79 Å². The normalized spacial score (nSPS) is 14.3. The number of halogens is 1. The third kappa shape index (κ3) is 4.14. The Hall–Kier alpha value is -1.20. The molecule has 5 nitrogen and oxygen atoms in total. The molecule has 0 radical (unpaired) electrons. The van der Waals surface area contributed by atoms with Gasteiger partial charge in [0.1, 0.15) is 11.5 Å². The molecule has 0 saturated carbocycles. The van der Waals surface area contributed by atoms with Gasteiger partial charge in [-0.3, -0.25) is 4.79 Å². The van der Waals surface area contributed by atoms with Gasteiger partial charge in [0.15, 0.2) is 0 Å². The fraction of sp³-hybridized carbons (Fsp3) is 0.615. The summed E-state index contributed by atoms with van der Waals surface area (Å²) in [5.41, 5.74) is 0.178. The fourth-order valence-electron chi connectivity index (χ4n) is 1.39. The van der Waals surface area contributed by atoms with Crippen molar-refractivity contribution >= 4 is 17.5 Å². The quantitative estimate of drug-likeness (QED) is 0.868. The van der Waals surface area contributed by atoms with Gasteiger partial charge in [0.05, 0.1) is 11.2 Å². The number of hydrogen-bond donors (Lipinski definition) is 2. The molecule has 2 unspecified atom stereocenters. The summed E-state index contributed by atoms with van der Waals surface area (Å²) in [4.78, 5) is 20.4. The summed E-state index contributed by atoms with van der Waals surface area (Å²) in [7, 11) is 0. The zero-order valence-corrected chi connectivity index (χ0v) is 12.4. The second kappa shape index (κ2) is 6.82. The molecule has 1 rings (SSSR count). The van der Waals surface area contributed by atoms with E-state index in [1.54, 1.807) is 0 Å². The van der Waals surface area contributed by atoms with Gasteiger partial charge < -0.3 is 10.4 Å². The molecule has 0 saturated heterocycles. The van der Waals surface area contributed by atoms with Gasteiger partial charge in [-0.1, -0.05) is 32.4 Å². The van der Waals surface area contributed by atoms with Gasteiger partial charge in [0.25, 0.3) is 5.91 Å². The van der Waals surface area contributed by atoms with E-state index < -0.39 is 0 Å². The fourth-order valence-corrected chi connectivity index (χ4v) is 1.57. The van der Waals surface area contributed by atoms with E-state index in [0.29, 0.717) is 5.82 Å². The molecule has 6 heteroatoms. The molecule has 0 aliphatic rings. The van der Waals surface area contributed by atoms with Gasteiger partial charge in [0, 0.05) is 18.6 Å². The SMILES string of the molecule is CC(C)c1ncc(Cl)c(C(=O)NC(C)C(C)CO)n1. The Labute approximate surface area is 118 Å².